The number of nitrogens with one attached hydrogen (secondary N) is 3. The fraction of sp³-hybridized carbons (Fsp3) is 0.261. The summed E-state index contributed by atoms with van der Waals surface area (Å²) in [5, 5.41) is 12.9. The Bertz CT molecular complexity index is 1240. The molecule has 0 aliphatic heterocycles. The molecule has 2 aromatic heterocycles. The van der Waals surface area contributed by atoms with Crippen molar-refractivity contribution in [2.45, 2.75) is 26.7 Å². The largest absolute Gasteiger partial charge is 0.354 e. The quantitative estimate of drug-likeness (QED) is 0.402. The van der Waals surface area contributed by atoms with Crippen molar-refractivity contribution < 1.29 is 14.4 Å². The minimum Gasteiger partial charge on any atom is -0.354 e. The van der Waals surface area contributed by atoms with Crippen LogP contribution in [0.4, 0.5) is 5.69 Å². The summed E-state index contributed by atoms with van der Waals surface area (Å²) >= 11 is 12.4. The van der Waals surface area contributed by atoms with E-state index in [9.17, 15) is 14.4 Å². The summed E-state index contributed by atoms with van der Waals surface area (Å²) in [6.07, 6.45) is 3.23. The van der Waals surface area contributed by atoms with E-state index in [1.807, 2.05) is 6.92 Å². The summed E-state index contributed by atoms with van der Waals surface area (Å²) < 4.78 is 1.19. The smallest absolute Gasteiger partial charge is 0.274 e. The first-order chi connectivity index (χ1) is 16.3. The molecule has 0 spiro atoms. The summed E-state index contributed by atoms with van der Waals surface area (Å²) in [5.74, 6) is -1.28. The lowest BCUT2D eigenvalue weighted by molar-refractivity contribution is 0.0947. The zero-order valence-corrected chi connectivity index (χ0v) is 20.4. The van der Waals surface area contributed by atoms with Crippen LogP contribution in [-0.2, 0) is 0 Å². The first-order valence-corrected chi connectivity index (χ1v) is 11.3. The molecule has 3 amide bonds. The molecular formula is C23H24Cl2N6O3. The molecule has 34 heavy (non-hydrogen) atoms. The van der Waals surface area contributed by atoms with Gasteiger partial charge in [-0.15, -0.1) is 0 Å². The number of rotatable bonds is 8. The molecule has 0 aliphatic carbocycles. The van der Waals surface area contributed by atoms with Gasteiger partial charge in [0.1, 0.15) is 5.69 Å². The Balaban J connectivity index is 2.03. The maximum atomic E-state index is 13.4. The van der Waals surface area contributed by atoms with E-state index in [-0.39, 0.29) is 33.7 Å². The minimum absolute atomic E-state index is 0.000250. The number of pyridine rings is 1. The third kappa shape index (κ3) is 5.55. The van der Waals surface area contributed by atoms with Crippen LogP contribution in [0.25, 0.3) is 5.82 Å². The Morgan fingerprint density at radius 3 is 2.53 bits per heavy atom. The highest BCUT2D eigenvalue weighted by molar-refractivity contribution is 6.32. The second-order valence-corrected chi connectivity index (χ2v) is 8.27. The Morgan fingerprint density at radius 1 is 1.09 bits per heavy atom. The van der Waals surface area contributed by atoms with Gasteiger partial charge in [0.15, 0.2) is 11.5 Å². The summed E-state index contributed by atoms with van der Waals surface area (Å²) in [6, 6.07) is 7.69. The van der Waals surface area contributed by atoms with Crippen LogP contribution >= 0.6 is 23.2 Å². The van der Waals surface area contributed by atoms with Crippen molar-refractivity contribution >= 4 is 46.6 Å². The van der Waals surface area contributed by atoms with Crippen molar-refractivity contribution in [2.75, 3.05) is 18.9 Å². The number of aromatic nitrogens is 3. The van der Waals surface area contributed by atoms with Gasteiger partial charge in [-0.3, -0.25) is 14.4 Å². The number of carbonyl (C=O) groups is 3. The SMILES string of the molecule is CCCCNC(=O)c1cc(Cl)cc(C)c1NC(=O)c1cc(C(=O)NC)nn1-c1ncccc1Cl. The van der Waals surface area contributed by atoms with Crippen LogP contribution in [0.3, 0.4) is 0 Å². The highest BCUT2D eigenvalue weighted by atomic mass is 35.5. The highest BCUT2D eigenvalue weighted by Gasteiger charge is 2.24. The number of aryl methyl sites for hydroxylation is 1. The highest BCUT2D eigenvalue weighted by Crippen LogP contribution is 2.27. The predicted molar refractivity (Wildman–Crippen MR) is 131 cm³/mol. The molecule has 0 saturated heterocycles. The lowest BCUT2D eigenvalue weighted by Crippen LogP contribution is -2.27. The Kier molecular flexibility index (Phi) is 8.25. The molecule has 3 rings (SSSR count). The molecule has 0 radical (unpaired) electrons. The second kappa shape index (κ2) is 11.1. The third-order valence-electron chi connectivity index (χ3n) is 4.94. The number of halogens is 2. The van der Waals surface area contributed by atoms with Gasteiger partial charge in [0.2, 0.25) is 0 Å². The van der Waals surface area contributed by atoms with E-state index in [0.29, 0.717) is 22.8 Å². The Morgan fingerprint density at radius 2 is 1.85 bits per heavy atom. The normalized spacial score (nSPS) is 10.6. The van der Waals surface area contributed by atoms with Crippen molar-refractivity contribution in [2.24, 2.45) is 0 Å². The number of hydrogen-bond donors (Lipinski definition) is 3. The lowest BCUT2D eigenvalue weighted by atomic mass is 10.1. The van der Waals surface area contributed by atoms with E-state index in [1.54, 1.807) is 25.1 Å². The van der Waals surface area contributed by atoms with Crippen LogP contribution < -0.4 is 16.0 Å². The molecule has 9 nitrogen and oxygen atoms in total. The topological polar surface area (TPSA) is 118 Å². The van der Waals surface area contributed by atoms with Crippen LogP contribution in [0.1, 0.15) is 56.7 Å². The fourth-order valence-corrected chi connectivity index (χ4v) is 3.69. The van der Waals surface area contributed by atoms with E-state index in [4.69, 9.17) is 23.2 Å². The number of nitrogens with zero attached hydrogens (tertiary/aromatic N) is 3. The summed E-state index contributed by atoms with van der Waals surface area (Å²) in [6.45, 7) is 4.24. The molecule has 1 aromatic carbocycles. The minimum atomic E-state index is -0.614. The lowest BCUT2D eigenvalue weighted by Gasteiger charge is -2.15. The molecule has 0 fully saturated rings. The number of carbonyl (C=O) groups excluding carboxylic acids is 3. The van der Waals surface area contributed by atoms with Crippen LogP contribution in [0.5, 0.6) is 0 Å². The van der Waals surface area contributed by atoms with Gasteiger partial charge in [0.05, 0.1) is 16.3 Å². The monoisotopic (exact) mass is 502 g/mol. The average Bonchev–Trinajstić information content (AvgIpc) is 3.25. The number of benzene rings is 1. The molecule has 2 heterocycles. The van der Waals surface area contributed by atoms with Gasteiger partial charge in [0, 0.05) is 30.9 Å². The maximum absolute atomic E-state index is 13.4. The van der Waals surface area contributed by atoms with E-state index < -0.39 is 11.8 Å². The van der Waals surface area contributed by atoms with Gasteiger partial charge in [-0.1, -0.05) is 36.5 Å². The first kappa shape index (κ1) is 25.2. The van der Waals surface area contributed by atoms with E-state index in [2.05, 4.69) is 26.0 Å². The van der Waals surface area contributed by atoms with E-state index in [0.717, 1.165) is 12.8 Å². The molecular weight excluding hydrogens is 479 g/mol. The standard InChI is InChI=1S/C23H24Cl2N6O3/c1-4-5-8-28-21(32)15-11-14(24)10-13(2)19(15)29-23(34)18-12-17(22(33)26-3)30-31(18)20-16(25)7-6-9-27-20/h6-7,9-12H,4-5,8H2,1-3H3,(H,26,33)(H,28,32)(H,29,34). The van der Waals surface area contributed by atoms with Crippen LogP contribution in [0.15, 0.2) is 36.5 Å². The predicted octanol–water partition coefficient (Wildman–Crippen LogP) is 4.02. The van der Waals surface area contributed by atoms with Crippen molar-refractivity contribution in [3.63, 3.8) is 0 Å². The second-order valence-electron chi connectivity index (χ2n) is 7.42. The van der Waals surface area contributed by atoms with Crippen LogP contribution in [-0.4, -0.2) is 46.1 Å². The van der Waals surface area contributed by atoms with Crippen LogP contribution in [0, 0.1) is 6.92 Å². The van der Waals surface area contributed by atoms with Gasteiger partial charge in [-0.25, -0.2) is 9.67 Å². The third-order valence-corrected chi connectivity index (χ3v) is 5.45. The molecule has 11 heteroatoms. The van der Waals surface area contributed by atoms with Crippen molar-refractivity contribution in [1.29, 1.82) is 0 Å². The number of hydrogen-bond acceptors (Lipinski definition) is 5. The van der Waals surface area contributed by atoms with Gasteiger partial charge in [-0.05, 0) is 43.2 Å². The molecule has 0 bridgehead atoms. The molecule has 0 saturated carbocycles. The summed E-state index contributed by atoms with van der Waals surface area (Å²) in [4.78, 5) is 42.6. The first-order valence-electron chi connectivity index (χ1n) is 10.6. The molecule has 0 atom stereocenters. The number of amides is 3. The zero-order valence-electron chi connectivity index (χ0n) is 18.9. The molecule has 178 valence electrons. The molecule has 3 N–H and O–H groups in total. The van der Waals surface area contributed by atoms with E-state index >= 15 is 0 Å². The molecule has 0 aliphatic rings. The summed E-state index contributed by atoms with van der Waals surface area (Å²) in [5.41, 5.74) is 1.12. The Labute approximate surface area is 206 Å². The van der Waals surface area contributed by atoms with Crippen LogP contribution in [0.2, 0.25) is 10.0 Å². The van der Waals surface area contributed by atoms with Gasteiger partial charge in [-0.2, -0.15) is 5.10 Å². The maximum Gasteiger partial charge on any atom is 0.274 e. The van der Waals surface area contributed by atoms with Crippen molar-refractivity contribution in [1.82, 2.24) is 25.4 Å². The van der Waals surface area contributed by atoms with Gasteiger partial charge in [0.25, 0.3) is 17.7 Å². The number of unbranched alkanes of at least 4 members (excludes halogenated alkanes) is 1. The van der Waals surface area contributed by atoms with Crippen molar-refractivity contribution in [3.05, 3.63) is 69.1 Å². The van der Waals surface area contributed by atoms with Gasteiger partial charge < -0.3 is 16.0 Å². The Hall–Kier alpha value is -3.43. The average molecular weight is 503 g/mol. The number of anilines is 1. The molecule has 3 aromatic rings. The molecule has 0 unspecified atom stereocenters. The van der Waals surface area contributed by atoms with E-state index in [1.165, 1.54) is 30.1 Å². The fourth-order valence-electron chi connectivity index (χ4n) is 3.22. The zero-order chi connectivity index (χ0) is 24.8. The van der Waals surface area contributed by atoms with Gasteiger partial charge >= 0.3 is 0 Å². The summed E-state index contributed by atoms with van der Waals surface area (Å²) in [7, 11) is 1.45. The van der Waals surface area contributed by atoms with Crippen molar-refractivity contribution in [3.8, 4) is 5.82 Å².